The van der Waals surface area contributed by atoms with Crippen LogP contribution in [0.15, 0.2) is 53.4 Å². The average molecular weight is 415 g/mol. The summed E-state index contributed by atoms with van der Waals surface area (Å²) in [6.07, 6.45) is 1.47. The maximum atomic E-state index is 12.6. The van der Waals surface area contributed by atoms with E-state index in [4.69, 9.17) is 17.0 Å². The smallest absolute Gasteiger partial charge is 0.311 e. The van der Waals surface area contributed by atoms with Crippen molar-refractivity contribution in [1.82, 2.24) is 10.4 Å². The summed E-state index contributed by atoms with van der Waals surface area (Å²) in [5.41, 5.74) is 3.07. The van der Waals surface area contributed by atoms with Gasteiger partial charge in [0.2, 0.25) is 0 Å². The monoisotopic (exact) mass is 415 g/mol. The van der Waals surface area contributed by atoms with Gasteiger partial charge in [0.1, 0.15) is 0 Å². The number of carbonyl (C=O) groups is 2. The maximum absolute atomic E-state index is 12.6. The van der Waals surface area contributed by atoms with Crippen LogP contribution in [0.2, 0.25) is 0 Å². The highest BCUT2D eigenvalue weighted by Crippen LogP contribution is 2.33. The van der Waals surface area contributed by atoms with Crippen LogP contribution < -0.4 is 10.2 Å². The number of nitro benzene ring substituents is 1. The van der Waals surface area contributed by atoms with Crippen LogP contribution in [-0.2, 0) is 4.79 Å². The number of hydrazine groups is 1. The van der Waals surface area contributed by atoms with Crippen molar-refractivity contribution in [3.63, 3.8) is 0 Å². The number of ether oxygens (including phenoxy) is 1. The van der Waals surface area contributed by atoms with E-state index in [1.807, 2.05) is 0 Å². The first-order valence-corrected chi connectivity index (χ1v) is 9.09. The zero-order chi connectivity index (χ0) is 20.3. The first-order chi connectivity index (χ1) is 13.4. The van der Waals surface area contributed by atoms with Gasteiger partial charge in [-0.1, -0.05) is 36.0 Å². The Hall–Kier alpha value is -3.24. The Morgan fingerprint density at radius 3 is 2.64 bits per heavy atom. The fourth-order valence-corrected chi connectivity index (χ4v) is 3.59. The molecule has 0 saturated carbocycles. The van der Waals surface area contributed by atoms with Gasteiger partial charge in [0.25, 0.3) is 11.8 Å². The van der Waals surface area contributed by atoms with E-state index in [1.165, 1.54) is 25.3 Å². The second kappa shape index (κ2) is 8.19. The van der Waals surface area contributed by atoms with Crippen LogP contribution in [0.4, 0.5) is 5.69 Å². The molecule has 2 aromatic carbocycles. The molecular weight excluding hydrogens is 402 g/mol. The molecule has 0 atom stereocenters. The van der Waals surface area contributed by atoms with Crippen molar-refractivity contribution in [2.45, 2.75) is 0 Å². The van der Waals surface area contributed by atoms with Gasteiger partial charge in [-0.25, -0.2) is 0 Å². The van der Waals surface area contributed by atoms with Crippen LogP contribution in [0.3, 0.4) is 0 Å². The normalized spacial score (nSPS) is 15.0. The topological polar surface area (TPSA) is 102 Å². The summed E-state index contributed by atoms with van der Waals surface area (Å²) in [6, 6.07) is 12.7. The Kier molecular flexibility index (Phi) is 5.71. The third-order valence-electron chi connectivity index (χ3n) is 3.74. The van der Waals surface area contributed by atoms with Gasteiger partial charge in [-0.3, -0.25) is 25.1 Å². The van der Waals surface area contributed by atoms with Crippen molar-refractivity contribution in [3.05, 3.63) is 74.7 Å². The van der Waals surface area contributed by atoms with E-state index in [1.54, 1.807) is 36.4 Å². The summed E-state index contributed by atoms with van der Waals surface area (Å²) in [4.78, 5) is 35.7. The van der Waals surface area contributed by atoms with E-state index in [0.29, 0.717) is 11.1 Å². The van der Waals surface area contributed by atoms with Crippen LogP contribution in [0.25, 0.3) is 6.08 Å². The standard InChI is InChI=1S/C18H13N3O5S2/c1-26-14-8-7-11(9-13(14)21(24)25)10-15-17(23)20(18(27)28-15)19-16(22)12-5-3-2-4-6-12/h2-10H,1H3,(H,19,22)/b15-10-. The quantitative estimate of drug-likeness (QED) is 0.346. The minimum atomic E-state index is -0.568. The zero-order valence-corrected chi connectivity index (χ0v) is 16.1. The van der Waals surface area contributed by atoms with Gasteiger partial charge in [0.05, 0.1) is 16.9 Å². The first kappa shape index (κ1) is 19.5. The molecule has 1 fully saturated rings. The lowest BCUT2D eigenvalue weighted by molar-refractivity contribution is -0.385. The van der Waals surface area contributed by atoms with Gasteiger partial charge >= 0.3 is 5.69 Å². The van der Waals surface area contributed by atoms with Crippen LogP contribution in [-0.4, -0.2) is 33.2 Å². The molecule has 0 aromatic heterocycles. The molecule has 3 rings (SSSR count). The highest BCUT2D eigenvalue weighted by Gasteiger charge is 2.34. The lowest BCUT2D eigenvalue weighted by atomic mass is 10.1. The third kappa shape index (κ3) is 4.02. The Morgan fingerprint density at radius 2 is 2.00 bits per heavy atom. The number of carbonyl (C=O) groups excluding carboxylic acids is 2. The maximum Gasteiger partial charge on any atom is 0.311 e. The summed E-state index contributed by atoms with van der Waals surface area (Å²) >= 11 is 6.16. The molecule has 142 valence electrons. The van der Waals surface area contributed by atoms with E-state index >= 15 is 0 Å². The molecule has 0 aliphatic carbocycles. The molecule has 0 spiro atoms. The number of hydrogen-bond acceptors (Lipinski definition) is 7. The van der Waals surface area contributed by atoms with E-state index in [-0.39, 0.29) is 20.7 Å². The number of thioether (sulfide) groups is 1. The Bertz CT molecular complexity index is 1010. The van der Waals surface area contributed by atoms with Crippen molar-refractivity contribution in [2.24, 2.45) is 0 Å². The molecule has 1 aliphatic rings. The van der Waals surface area contributed by atoms with Crippen molar-refractivity contribution in [1.29, 1.82) is 0 Å². The molecule has 1 N–H and O–H groups in total. The number of thiocarbonyl (C=S) groups is 1. The van der Waals surface area contributed by atoms with Gasteiger partial charge in [-0.05, 0) is 42.1 Å². The lowest BCUT2D eigenvalue weighted by Crippen LogP contribution is -2.44. The molecule has 2 amide bonds. The van der Waals surface area contributed by atoms with E-state index < -0.39 is 16.7 Å². The second-order valence-electron chi connectivity index (χ2n) is 5.51. The minimum absolute atomic E-state index is 0.116. The van der Waals surface area contributed by atoms with Crippen molar-refractivity contribution < 1.29 is 19.2 Å². The molecule has 1 heterocycles. The Labute approximate surface area is 169 Å². The fraction of sp³-hybridized carbons (Fsp3) is 0.0556. The van der Waals surface area contributed by atoms with Gasteiger partial charge in [-0.2, -0.15) is 5.01 Å². The predicted molar refractivity (Wildman–Crippen MR) is 109 cm³/mol. The van der Waals surface area contributed by atoms with Crippen molar-refractivity contribution in [3.8, 4) is 5.75 Å². The molecular formula is C18H13N3O5S2. The van der Waals surface area contributed by atoms with Crippen LogP contribution in [0, 0.1) is 10.1 Å². The highest BCUT2D eigenvalue weighted by molar-refractivity contribution is 8.26. The number of amides is 2. The number of benzene rings is 2. The average Bonchev–Trinajstić information content (AvgIpc) is 2.95. The van der Waals surface area contributed by atoms with Gasteiger partial charge in [0.15, 0.2) is 10.1 Å². The van der Waals surface area contributed by atoms with E-state index in [0.717, 1.165) is 16.8 Å². The van der Waals surface area contributed by atoms with Crippen molar-refractivity contribution >= 4 is 51.9 Å². The van der Waals surface area contributed by atoms with Gasteiger partial charge < -0.3 is 4.74 Å². The Morgan fingerprint density at radius 1 is 1.29 bits per heavy atom. The van der Waals surface area contributed by atoms with E-state index in [9.17, 15) is 19.7 Å². The number of nitrogens with one attached hydrogen (secondary N) is 1. The second-order valence-corrected chi connectivity index (χ2v) is 7.19. The summed E-state index contributed by atoms with van der Waals surface area (Å²) in [7, 11) is 1.34. The third-order valence-corrected chi connectivity index (χ3v) is 5.04. The molecule has 8 nitrogen and oxygen atoms in total. The largest absolute Gasteiger partial charge is 0.490 e. The molecule has 0 bridgehead atoms. The number of methoxy groups -OCH3 is 1. The van der Waals surface area contributed by atoms with E-state index in [2.05, 4.69) is 5.43 Å². The number of hydrogen-bond donors (Lipinski definition) is 1. The van der Waals surface area contributed by atoms with Crippen molar-refractivity contribution in [2.75, 3.05) is 7.11 Å². The fourth-order valence-electron chi connectivity index (χ4n) is 2.41. The van der Waals surface area contributed by atoms with Gasteiger partial charge in [-0.15, -0.1) is 0 Å². The summed E-state index contributed by atoms with van der Waals surface area (Å²) in [6.45, 7) is 0. The molecule has 0 unspecified atom stereocenters. The molecule has 10 heteroatoms. The van der Waals surface area contributed by atoms with Crippen LogP contribution in [0.5, 0.6) is 5.75 Å². The lowest BCUT2D eigenvalue weighted by Gasteiger charge is -2.15. The summed E-state index contributed by atoms with van der Waals surface area (Å²) in [5.74, 6) is -0.874. The molecule has 1 saturated heterocycles. The molecule has 1 aliphatic heterocycles. The molecule has 2 aromatic rings. The predicted octanol–water partition coefficient (Wildman–Crippen LogP) is 3.15. The highest BCUT2D eigenvalue weighted by atomic mass is 32.2. The molecule has 0 radical (unpaired) electrons. The summed E-state index contributed by atoms with van der Waals surface area (Å²) in [5, 5.41) is 12.1. The first-order valence-electron chi connectivity index (χ1n) is 7.87. The summed E-state index contributed by atoms with van der Waals surface area (Å²) < 4.78 is 5.12. The van der Waals surface area contributed by atoms with Crippen LogP contribution >= 0.6 is 24.0 Å². The van der Waals surface area contributed by atoms with Gasteiger partial charge in [0, 0.05) is 11.6 Å². The number of rotatable bonds is 5. The number of nitrogens with zero attached hydrogens (tertiary/aromatic N) is 2. The molecule has 28 heavy (non-hydrogen) atoms. The Balaban J connectivity index is 1.82. The minimum Gasteiger partial charge on any atom is -0.490 e. The zero-order valence-electron chi connectivity index (χ0n) is 14.4. The number of nitro groups is 1. The van der Waals surface area contributed by atoms with Crippen LogP contribution in [0.1, 0.15) is 15.9 Å². The SMILES string of the molecule is COc1ccc(/C=C2\SC(=S)N(NC(=O)c3ccccc3)C2=O)cc1[N+](=O)[O-].